The van der Waals surface area contributed by atoms with Crippen LogP contribution in [0.3, 0.4) is 0 Å². The highest BCUT2D eigenvalue weighted by Crippen LogP contribution is 2.38. The van der Waals surface area contributed by atoms with Crippen LogP contribution in [0, 0.1) is 0 Å². The molecule has 6 aliphatic rings. The maximum absolute atomic E-state index is 13.2. The van der Waals surface area contributed by atoms with Gasteiger partial charge in [0, 0.05) is 48.2 Å². The van der Waals surface area contributed by atoms with Crippen LogP contribution in [-0.2, 0) is 43.2 Å². The topological polar surface area (TPSA) is 216 Å². The number of nitrogens with one attached hydrogen (secondary N) is 5. The maximum atomic E-state index is 13.2. The van der Waals surface area contributed by atoms with Crippen molar-refractivity contribution in [2.24, 2.45) is 0 Å². The summed E-state index contributed by atoms with van der Waals surface area (Å²) in [4.78, 5) is 69.5. The second kappa shape index (κ2) is 29.3. The molecule has 0 radical (unpaired) electrons. The molecule has 19 heteroatoms. The van der Waals surface area contributed by atoms with E-state index in [-0.39, 0.29) is 58.9 Å². The Kier molecular flexibility index (Phi) is 21.6. The molecule has 490 valence electrons. The van der Waals surface area contributed by atoms with Crippen molar-refractivity contribution in [3.8, 4) is 22.5 Å². The van der Waals surface area contributed by atoms with Crippen LogP contribution in [0.4, 0.5) is 25.8 Å². The van der Waals surface area contributed by atoms with Gasteiger partial charge in [0.25, 0.3) is 0 Å². The Morgan fingerprint density at radius 1 is 0.527 bits per heavy atom. The van der Waals surface area contributed by atoms with Crippen molar-refractivity contribution in [1.82, 2.24) is 40.4 Å². The van der Waals surface area contributed by atoms with Gasteiger partial charge in [-0.25, -0.2) is 14.4 Å². The Morgan fingerprint density at radius 2 is 0.989 bits per heavy atom. The van der Waals surface area contributed by atoms with Crippen LogP contribution in [0.1, 0.15) is 170 Å². The van der Waals surface area contributed by atoms with Gasteiger partial charge in [-0.3, -0.25) is 34.5 Å². The molecule has 5 aromatic carbocycles. The predicted molar refractivity (Wildman–Crippen MR) is 372 cm³/mol. The maximum Gasteiger partial charge on any atom is 0.410 e. The first kappa shape index (κ1) is 68.4. The Bertz CT molecular complexity index is 3860. The summed E-state index contributed by atoms with van der Waals surface area (Å²) in [5, 5.41) is 25.1. The molecule has 4 saturated heterocycles. The number of carbonyl (C=O) groups excluding carboxylic acids is 5. The number of benzene rings is 5. The number of carbonyl (C=O) groups is 5. The summed E-state index contributed by atoms with van der Waals surface area (Å²) in [6.07, 6.45) is 11.7. The third-order valence-electron chi connectivity index (χ3n) is 17.4. The first-order valence-electron chi connectivity index (χ1n) is 31.7. The number of anilines is 2. The number of H-pyrrole nitrogens is 2. The molecule has 7 aromatic rings. The molecule has 2 aromatic heterocycles. The number of fused-ring (bicyclic) bond motifs is 2. The molecule has 2 aliphatic carbocycles. The molecule has 0 bridgehead atoms. The molecular formula is C74H90N10O8S. The summed E-state index contributed by atoms with van der Waals surface area (Å²) < 4.78 is 16.7. The molecule has 6 heterocycles. The molecule has 4 aliphatic heterocycles. The number of likely N-dealkylation sites (tertiary alicyclic amines) is 3. The van der Waals surface area contributed by atoms with Crippen molar-refractivity contribution < 1.29 is 38.2 Å². The van der Waals surface area contributed by atoms with Gasteiger partial charge in [-0.05, 0) is 199 Å². The van der Waals surface area contributed by atoms with Gasteiger partial charge in [0.1, 0.15) is 29.9 Å². The molecule has 4 fully saturated rings. The molecule has 4 atom stereocenters. The Labute approximate surface area is 553 Å². The van der Waals surface area contributed by atoms with E-state index in [0.717, 1.165) is 113 Å². The van der Waals surface area contributed by atoms with E-state index in [2.05, 4.69) is 115 Å². The number of hydrogen-bond acceptors (Lipinski definition) is 11. The van der Waals surface area contributed by atoms with Gasteiger partial charge in [-0.1, -0.05) is 118 Å². The zero-order valence-electron chi connectivity index (χ0n) is 52.7. The molecule has 0 spiro atoms. The summed E-state index contributed by atoms with van der Waals surface area (Å²) in [5.74, 6) is -0.373. The van der Waals surface area contributed by atoms with Gasteiger partial charge in [-0.15, -0.1) is 0 Å². The molecule has 13 rings (SSSR count). The van der Waals surface area contributed by atoms with Gasteiger partial charge >= 0.3 is 18.3 Å². The largest absolute Gasteiger partial charge is 0.445 e. The standard InChI is InChI=1S/C40H43N5O5.C32H37N5O3.2CH4.H2S/c1-40(2,3)50-39(48)45-20-8-12-36(45)37(46)41-32-18-17-29-21-30(22-31(29)23-32)27-13-15-28(16-14-27)33-24-34(43-42-33)35-11-7-19-44(35)38(47)49-25-26-9-5-4-6-10-26;1-32(2,3)40-31(39)37-15-5-7-29(37)30(38)34-25-13-12-22-16-23(17-24(22)18-25)20-8-10-21(11-9-20)27-19-28(36-35-27)26-6-4-14-33-26;;;/h4-6,9-10,13-18,22-24,35-36H,7-8,11-12,19-21,25H2,1-3H3,(H,41,46)(H,42,43);8-13,17-19,26,29,33H,4-7,14-16H2,1-3H3,(H,34,38)(H,35,36);2*1H4;1H2/t35-,36-;26-,29-;;;/m00.../s1. The number of amides is 5. The number of rotatable bonds is 12. The smallest absolute Gasteiger partial charge is 0.410 e. The molecule has 5 N–H and O–H groups in total. The Morgan fingerprint density at radius 3 is 1.47 bits per heavy atom. The minimum atomic E-state index is -0.618. The molecular weight excluding hydrogens is 1190 g/mol. The van der Waals surface area contributed by atoms with Crippen LogP contribution >= 0.6 is 13.5 Å². The average Bonchev–Trinajstić information content (AvgIpc) is 1.72. The first-order valence-corrected chi connectivity index (χ1v) is 31.7. The van der Waals surface area contributed by atoms with Crippen molar-refractivity contribution in [3.05, 3.63) is 178 Å². The fourth-order valence-electron chi connectivity index (χ4n) is 12.9. The van der Waals surface area contributed by atoms with E-state index in [1.54, 1.807) is 9.80 Å². The average molecular weight is 1280 g/mol. The highest BCUT2D eigenvalue weighted by molar-refractivity contribution is 7.59. The van der Waals surface area contributed by atoms with Crippen molar-refractivity contribution in [2.75, 3.05) is 36.8 Å². The van der Waals surface area contributed by atoms with Gasteiger partial charge < -0.3 is 30.2 Å². The van der Waals surface area contributed by atoms with Crippen molar-refractivity contribution in [3.63, 3.8) is 0 Å². The van der Waals surface area contributed by atoms with Crippen LogP contribution in [0.2, 0.25) is 0 Å². The molecule has 5 amide bonds. The minimum absolute atomic E-state index is 0. The third-order valence-corrected chi connectivity index (χ3v) is 17.4. The van der Waals surface area contributed by atoms with E-state index in [0.29, 0.717) is 44.2 Å². The number of nitrogens with zero attached hydrogens (tertiary/aromatic N) is 5. The van der Waals surface area contributed by atoms with E-state index in [1.807, 2.05) is 102 Å². The lowest BCUT2D eigenvalue weighted by Gasteiger charge is -2.28. The third kappa shape index (κ3) is 16.3. The highest BCUT2D eigenvalue weighted by atomic mass is 32.1. The Hall–Kier alpha value is -8.94. The van der Waals surface area contributed by atoms with Gasteiger partial charge in [0.2, 0.25) is 11.8 Å². The zero-order chi connectivity index (χ0) is 62.7. The van der Waals surface area contributed by atoms with Crippen LogP contribution in [-0.4, -0.2) is 115 Å². The zero-order valence-corrected chi connectivity index (χ0v) is 53.7. The van der Waals surface area contributed by atoms with Gasteiger partial charge in [-0.2, -0.15) is 23.7 Å². The van der Waals surface area contributed by atoms with Crippen molar-refractivity contribution in [2.45, 2.75) is 163 Å². The minimum Gasteiger partial charge on any atom is -0.445 e. The molecule has 93 heavy (non-hydrogen) atoms. The van der Waals surface area contributed by atoms with E-state index in [4.69, 9.17) is 14.2 Å². The normalized spacial score (nSPS) is 18.7. The molecule has 0 saturated carbocycles. The van der Waals surface area contributed by atoms with Crippen LogP contribution in [0.25, 0.3) is 45.8 Å². The van der Waals surface area contributed by atoms with Crippen LogP contribution in [0.15, 0.2) is 127 Å². The molecule has 18 nitrogen and oxygen atoms in total. The van der Waals surface area contributed by atoms with E-state index in [9.17, 15) is 24.0 Å². The monoisotopic (exact) mass is 1280 g/mol. The SMILES string of the molecule is C.C.CC(C)(C)OC(=O)N1CCC[C@H]1C(=O)Nc1ccc2c(c1)C=C(c1ccc(-c3cc([C@@H]4CCCN4)[nH]n3)cc1)C2.CC(C)(C)OC(=O)N1CCC[C@H]1C(=O)Nc1ccc2c(c1)C=C(c1ccc(-c3cc([C@@H]4CCCN4C(=O)OCc4ccccc4)[nH]n3)cc1)C2.S. The molecule has 0 unspecified atom stereocenters. The fraction of sp³-hybridized carbons (Fsp3) is 0.392. The Balaban J connectivity index is 0.000000217. The van der Waals surface area contributed by atoms with Gasteiger partial charge in [0.15, 0.2) is 0 Å². The van der Waals surface area contributed by atoms with Crippen molar-refractivity contribution in [1.29, 1.82) is 0 Å². The number of hydrogen-bond donors (Lipinski definition) is 5. The lowest BCUT2D eigenvalue weighted by atomic mass is 10.0. The van der Waals surface area contributed by atoms with Crippen molar-refractivity contribution >= 4 is 78.3 Å². The summed E-state index contributed by atoms with van der Waals surface area (Å²) in [6.45, 7) is 14.0. The number of aromatic nitrogens is 4. The van der Waals surface area contributed by atoms with Crippen LogP contribution < -0.4 is 16.0 Å². The number of ether oxygens (including phenoxy) is 3. The second-order valence-corrected chi connectivity index (χ2v) is 26.3. The lowest BCUT2D eigenvalue weighted by molar-refractivity contribution is -0.121. The number of aromatic amines is 2. The summed E-state index contributed by atoms with van der Waals surface area (Å²) in [5.41, 5.74) is 16.4. The van der Waals surface area contributed by atoms with E-state index < -0.39 is 35.5 Å². The summed E-state index contributed by atoms with van der Waals surface area (Å²) in [6, 6.07) is 42.0. The van der Waals surface area contributed by atoms with Gasteiger partial charge in [0.05, 0.1) is 28.8 Å². The predicted octanol–water partition coefficient (Wildman–Crippen LogP) is 15.3. The van der Waals surface area contributed by atoms with Crippen LogP contribution in [0.5, 0.6) is 0 Å². The highest BCUT2D eigenvalue weighted by Gasteiger charge is 2.39. The lowest BCUT2D eigenvalue weighted by Crippen LogP contribution is -2.45. The summed E-state index contributed by atoms with van der Waals surface area (Å²) >= 11 is 0. The first-order chi connectivity index (χ1) is 43.3. The number of allylic oxidation sites excluding steroid dienone is 2. The quantitative estimate of drug-likeness (QED) is 0.0725. The second-order valence-electron chi connectivity index (χ2n) is 26.3. The van der Waals surface area contributed by atoms with E-state index >= 15 is 0 Å². The summed E-state index contributed by atoms with van der Waals surface area (Å²) in [7, 11) is 0. The fourth-order valence-corrected chi connectivity index (χ4v) is 12.9. The van der Waals surface area contributed by atoms with E-state index in [1.165, 1.54) is 39.2 Å².